The molecule has 0 aliphatic carbocycles. The van der Waals surface area contributed by atoms with Gasteiger partial charge in [-0.1, -0.05) is 37.3 Å². The van der Waals surface area contributed by atoms with E-state index in [0.29, 0.717) is 13.0 Å². The number of benzene rings is 1. The van der Waals surface area contributed by atoms with Crippen LogP contribution in [0.5, 0.6) is 0 Å². The first-order chi connectivity index (χ1) is 8.98. The first kappa shape index (κ1) is 13.6. The van der Waals surface area contributed by atoms with Crippen LogP contribution in [0.25, 0.3) is 0 Å². The molecular weight excluding hydrogens is 240 g/mol. The molecule has 1 aromatic rings. The molecule has 0 saturated carbocycles. The Bertz CT molecular complexity index is 486. The molecule has 4 heteroatoms. The summed E-state index contributed by atoms with van der Waals surface area (Å²) >= 11 is 0. The number of nitrogens with zero attached hydrogens (tertiary/aromatic N) is 1. The highest BCUT2D eigenvalue weighted by Gasteiger charge is 2.45. The summed E-state index contributed by atoms with van der Waals surface area (Å²) < 4.78 is 0. The van der Waals surface area contributed by atoms with E-state index < -0.39 is 11.6 Å². The third-order valence-corrected chi connectivity index (χ3v) is 3.88. The Morgan fingerprint density at radius 3 is 2.47 bits per heavy atom. The molecule has 102 valence electrons. The normalized spacial score (nSPS) is 27.3. The van der Waals surface area contributed by atoms with Crippen LogP contribution >= 0.6 is 0 Å². The van der Waals surface area contributed by atoms with E-state index in [1.165, 1.54) is 0 Å². The lowest BCUT2D eigenvalue weighted by Gasteiger charge is -2.43. The second-order valence-electron chi connectivity index (χ2n) is 5.27. The SMILES string of the molecule is CCC1(C)NC(=O)C(C)N(Cc2ccccc2)C1=O. The topological polar surface area (TPSA) is 49.4 Å². The fourth-order valence-corrected chi connectivity index (χ4v) is 2.29. The van der Waals surface area contributed by atoms with Gasteiger partial charge in [-0.15, -0.1) is 0 Å². The number of amides is 2. The van der Waals surface area contributed by atoms with Gasteiger partial charge in [0.15, 0.2) is 0 Å². The summed E-state index contributed by atoms with van der Waals surface area (Å²) in [4.78, 5) is 26.2. The maximum absolute atomic E-state index is 12.5. The highest BCUT2D eigenvalue weighted by Crippen LogP contribution is 2.23. The number of rotatable bonds is 3. The van der Waals surface area contributed by atoms with Gasteiger partial charge < -0.3 is 10.2 Å². The van der Waals surface area contributed by atoms with Gasteiger partial charge in [0, 0.05) is 6.54 Å². The van der Waals surface area contributed by atoms with Crippen LogP contribution in [-0.4, -0.2) is 28.3 Å². The smallest absolute Gasteiger partial charge is 0.248 e. The predicted molar refractivity (Wildman–Crippen MR) is 73.3 cm³/mol. The molecule has 1 aromatic carbocycles. The number of hydrogen-bond donors (Lipinski definition) is 1. The molecule has 0 radical (unpaired) electrons. The van der Waals surface area contributed by atoms with E-state index in [1.54, 1.807) is 18.7 Å². The zero-order valence-electron chi connectivity index (χ0n) is 11.6. The molecule has 1 heterocycles. The second-order valence-corrected chi connectivity index (χ2v) is 5.27. The Labute approximate surface area is 113 Å². The van der Waals surface area contributed by atoms with Crippen LogP contribution in [0.4, 0.5) is 0 Å². The second kappa shape index (κ2) is 5.03. The minimum absolute atomic E-state index is 0.00838. The number of hydrogen-bond acceptors (Lipinski definition) is 2. The van der Waals surface area contributed by atoms with Crippen molar-refractivity contribution >= 4 is 11.8 Å². The van der Waals surface area contributed by atoms with Crippen molar-refractivity contribution in [2.75, 3.05) is 0 Å². The van der Waals surface area contributed by atoms with Gasteiger partial charge in [0.05, 0.1) is 0 Å². The van der Waals surface area contributed by atoms with Gasteiger partial charge in [0.1, 0.15) is 11.6 Å². The van der Waals surface area contributed by atoms with E-state index in [1.807, 2.05) is 37.3 Å². The molecule has 1 saturated heterocycles. The lowest BCUT2D eigenvalue weighted by atomic mass is 9.92. The van der Waals surface area contributed by atoms with E-state index in [9.17, 15) is 9.59 Å². The van der Waals surface area contributed by atoms with Gasteiger partial charge in [-0.25, -0.2) is 0 Å². The van der Waals surface area contributed by atoms with Crippen LogP contribution in [0, 0.1) is 0 Å². The van der Waals surface area contributed by atoms with Gasteiger partial charge >= 0.3 is 0 Å². The van der Waals surface area contributed by atoms with Gasteiger partial charge in [0.2, 0.25) is 11.8 Å². The van der Waals surface area contributed by atoms with Crippen molar-refractivity contribution in [2.45, 2.75) is 45.3 Å². The van der Waals surface area contributed by atoms with E-state index in [2.05, 4.69) is 5.32 Å². The zero-order valence-corrected chi connectivity index (χ0v) is 11.6. The number of nitrogens with one attached hydrogen (secondary N) is 1. The average Bonchev–Trinajstić information content (AvgIpc) is 2.42. The molecule has 0 spiro atoms. The first-order valence-electron chi connectivity index (χ1n) is 6.65. The number of piperazine rings is 1. The zero-order chi connectivity index (χ0) is 14.0. The standard InChI is InChI=1S/C15H20N2O2/c1-4-15(3)14(19)17(11(2)13(18)16-15)10-12-8-6-5-7-9-12/h5-9,11H,4,10H2,1-3H3,(H,16,18). The Morgan fingerprint density at radius 2 is 1.89 bits per heavy atom. The fourth-order valence-electron chi connectivity index (χ4n) is 2.29. The predicted octanol–water partition coefficient (Wildman–Crippen LogP) is 1.70. The van der Waals surface area contributed by atoms with Crippen molar-refractivity contribution < 1.29 is 9.59 Å². The molecule has 2 amide bonds. The average molecular weight is 260 g/mol. The Hall–Kier alpha value is -1.84. The highest BCUT2D eigenvalue weighted by atomic mass is 16.2. The Morgan fingerprint density at radius 1 is 1.26 bits per heavy atom. The van der Waals surface area contributed by atoms with Crippen LogP contribution in [0.15, 0.2) is 30.3 Å². The number of carbonyl (C=O) groups is 2. The maximum Gasteiger partial charge on any atom is 0.248 e. The van der Waals surface area contributed by atoms with Gasteiger partial charge in [-0.05, 0) is 25.8 Å². The van der Waals surface area contributed by atoms with Crippen LogP contribution < -0.4 is 5.32 Å². The molecule has 1 N–H and O–H groups in total. The van der Waals surface area contributed by atoms with Crippen LogP contribution in [0.3, 0.4) is 0 Å². The molecule has 19 heavy (non-hydrogen) atoms. The van der Waals surface area contributed by atoms with Crippen LogP contribution in [0.2, 0.25) is 0 Å². The van der Waals surface area contributed by atoms with Crippen LogP contribution in [0.1, 0.15) is 32.8 Å². The molecule has 0 aromatic heterocycles. The maximum atomic E-state index is 12.5. The van der Waals surface area contributed by atoms with E-state index in [4.69, 9.17) is 0 Å². The Kier molecular flexibility index (Phi) is 3.60. The van der Waals surface area contributed by atoms with Crippen molar-refractivity contribution in [1.82, 2.24) is 10.2 Å². The van der Waals surface area contributed by atoms with Crippen molar-refractivity contribution in [1.29, 1.82) is 0 Å². The monoisotopic (exact) mass is 260 g/mol. The lowest BCUT2D eigenvalue weighted by Crippen LogP contribution is -2.68. The molecule has 1 fully saturated rings. The quantitative estimate of drug-likeness (QED) is 0.899. The summed E-state index contributed by atoms with van der Waals surface area (Å²) in [6, 6.07) is 9.33. The van der Waals surface area contributed by atoms with Crippen molar-refractivity contribution in [3.05, 3.63) is 35.9 Å². The molecular formula is C15H20N2O2. The lowest BCUT2D eigenvalue weighted by molar-refractivity contribution is -0.154. The third-order valence-electron chi connectivity index (χ3n) is 3.88. The minimum atomic E-state index is -0.779. The highest BCUT2D eigenvalue weighted by molar-refractivity contribution is 5.99. The van der Waals surface area contributed by atoms with Gasteiger partial charge in [-0.3, -0.25) is 9.59 Å². The van der Waals surface area contributed by atoms with Crippen molar-refractivity contribution in [3.63, 3.8) is 0 Å². The molecule has 1 aliphatic rings. The summed E-state index contributed by atoms with van der Waals surface area (Å²) in [5.74, 6) is -0.0918. The summed E-state index contributed by atoms with van der Waals surface area (Å²) in [5, 5.41) is 2.83. The van der Waals surface area contributed by atoms with Gasteiger partial charge in [0.25, 0.3) is 0 Å². The summed E-state index contributed by atoms with van der Waals surface area (Å²) in [5.41, 5.74) is 0.258. The first-order valence-corrected chi connectivity index (χ1v) is 6.65. The molecule has 2 atom stereocenters. The van der Waals surface area contributed by atoms with Crippen LogP contribution in [-0.2, 0) is 16.1 Å². The van der Waals surface area contributed by atoms with Gasteiger partial charge in [-0.2, -0.15) is 0 Å². The van der Waals surface area contributed by atoms with E-state index in [0.717, 1.165) is 5.56 Å². The molecule has 4 nitrogen and oxygen atoms in total. The Balaban J connectivity index is 2.26. The number of carbonyl (C=O) groups excluding carboxylic acids is 2. The summed E-state index contributed by atoms with van der Waals surface area (Å²) in [6.07, 6.45) is 0.593. The molecule has 0 bridgehead atoms. The summed E-state index contributed by atoms with van der Waals surface area (Å²) in [6.45, 7) is 5.95. The fraction of sp³-hybridized carbons (Fsp3) is 0.467. The largest absolute Gasteiger partial charge is 0.340 e. The van der Waals surface area contributed by atoms with E-state index in [-0.39, 0.29) is 11.8 Å². The molecule has 1 aliphatic heterocycles. The van der Waals surface area contributed by atoms with Crippen molar-refractivity contribution in [3.8, 4) is 0 Å². The third kappa shape index (κ3) is 2.48. The molecule has 2 rings (SSSR count). The molecule has 2 unspecified atom stereocenters. The summed E-state index contributed by atoms with van der Waals surface area (Å²) in [7, 11) is 0. The van der Waals surface area contributed by atoms with Crippen molar-refractivity contribution in [2.24, 2.45) is 0 Å². The minimum Gasteiger partial charge on any atom is -0.340 e. The van der Waals surface area contributed by atoms with E-state index >= 15 is 0 Å².